The third-order valence-corrected chi connectivity index (χ3v) is 6.60. The highest BCUT2D eigenvalue weighted by Gasteiger charge is 2.39. The average Bonchev–Trinajstić information content (AvgIpc) is 3.39. The van der Waals surface area contributed by atoms with E-state index < -0.39 is 14.2 Å². The van der Waals surface area contributed by atoms with Gasteiger partial charge < -0.3 is 18.9 Å². The molecule has 11 heteroatoms. The molecule has 0 aliphatic carbocycles. The van der Waals surface area contributed by atoms with Gasteiger partial charge in [0.25, 0.3) is 11.8 Å². The second-order valence-corrected chi connectivity index (χ2v) is 14.2. The maximum Gasteiger partial charge on any atom is 0.415 e. The van der Waals surface area contributed by atoms with Gasteiger partial charge in [-0.05, 0) is 6.04 Å². The highest BCUT2D eigenvalue weighted by molar-refractivity contribution is 6.76. The lowest BCUT2D eigenvalue weighted by Crippen LogP contribution is -2.42. The van der Waals surface area contributed by atoms with Crippen molar-refractivity contribution in [3.63, 3.8) is 0 Å². The first-order valence-electron chi connectivity index (χ1n) is 9.78. The van der Waals surface area contributed by atoms with E-state index in [1.54, 1.807) is 0 Å². The number of fused-ring (bicyclic) bond motifs is 1. The minimum Gasteiger partial charge on any atom is -0.465 e. The van der Waals surface area contributed by atoms with Crippen LogP contribution in [0, 0.1) is 0 Å². The topological polar surface area (TPSA) is 107 Å². The monoisotopic (exact) mass is 422 g/mol. The molecule has 0 spiro atoms. The molecule has 158 valence electrons. The lowest BCUT2D eigenvalue weighted by molar-refractivity contribution is -0.122. The molecule has 0 radical (unpaired) electrons. The second kappa shape index (κ2) is 7.88. The summed E-state index contributed by atoms with van der Waals surface area (Å²) in [7, 11) is -1.23. The van der Waals surface area contributed by atoms with Crippen LogP contribution < -0.4 is 14.5 Å². The molecule has 0 N–H and O–H groups in total. The van der Waals surface area contributed by atoms with Gasteiger partial charge in [0.05, 0.1) is 25.5 Å². The number of hydrogen-bond acceptors (Lipinski definition) is 8. The Kier molecular flexibility index (Phi) is 5.45. The van der Waals surface area contributed by atoms with E-state index in [0.29, 0.717) is 32.0 Å². The number of cyclic esters (lactones) is 1. The normalized spacial score (nSPS) is 23.7. The molecule has 3 aliphatic heterocycles. The van der Waals surface area contributed by atoms with E-state index in [0.717, 1.165) is 6.04 Å². The molecule has 2 atom stereocenters. The summed E-state index contributed by atoms with van der Waals surface area (Å²) >= 11 is 0. The molecular weight excluding hydrogens is 396 g/mol. The zero-order valence-electron chi connectivity index (χ0n) is 16.9. The first-order chi connectivity index (χ1) is 13.8. The van der Waals surface area contributed by atoms with Crippen LogP contribution in [-0.4, -0.2) is 75.3 Å². The predicted octanol–water partition coefficient (Wildman–Crippen LogP) is 1.63. The Morgan fingerprint density at radius 2 is 2.07 bits per heavy atom. The Morgan fingerprint density at radius 3 is 2.79 bits per heavy atom. The summed E-state index contributed by atoms with van der Waals surface area (Å²) in [6, 6.07) is 0.996. The third-order valence-electron chi connectivity index (χ3n) is 4.89. The summed E-state index contributed by atoms with van der Waals surface area (Å²) in [6.07, 6.45) is 1.56. The summed E-state index contributed by atoms with van der Waals surface area (Å²) in [6.45, 7) is 8.40. The molecule has 1 aromatic heterocycles. The van der Waals surface area contributed by atoms with Crippen molar-refractivity contribution in [1.29, 1.82) is 0 Å². The summed E-state index contributed by atoms with van der Waals surface area (Å²) < 4.78 is 21.7. The van der Waals surface area contributed by atoms with Crippen molar-refractivity contribution in [3.8, 4) is 5.88 Å². The fourth-order valence-electron chi connectivity index (χ4n) is 3.09. The minimum absolute atomic E-state index is 0.0733. The van der Waals surface area contributed by atoms with Crippen molar-refractivity contribution in [3.05, 3.63) is 6.20 Å². The van der Waals surface area contributed by atoms with Crippen molar-refractivity contribution in [1.82, 2.24) is 9.97 Å². The molecule has 2 unspecified atom stereocenters. The Labute approximate surface area is 170 Å². The molecule has 0 saturated carbocycles. The van der Waals surface area contributed by atoms with E-state index in [9.17, 15) is 9.59 Å². The molecule has 0 aromatic carbocycles. The maximum atomic E-state index is 12.4. The van der Waals surface area contributed by atoms with Gasteiger partial charge in [-0.1, -0.05) is 19.6 Å². The molecule has 1 aromatic rings. The van der Waals surface area contributed by atoms with Crippen LogP contribution in [0.2, 0.25) is 25.7 Å². The van der Waals surface area contributed by atoms with Gasteiger partial charge in [-0.15, -0.1) is 0 Å². The van der Waals surface area contributed by atoms with Gasteiger partial charge in [0.15, 0.2) is 12.4 Å². The number of carbonyl (C=O) groups is 2. The van der Waals surface area contributed by atoms with E-state index >= 15 is 0 Å². The number of rotatable bonds is 8. The van der Waals surface area contributed by atoms with Gasteiger partial charge in [-0.3, -0.25) is 14.6 Å². The number of ether oxygens (including phenoxy) is 4. The summed E-state index contributed by atoms with van der Waals surface area (Å²) in [5, 5.41) is 0. The standard InChI is InChI=1S/C18H26N4O6Si/c1-29(2,3)5-4-25-11-22-15(23)10-27-17-16(22)20-14(7-19-17)21-8-12(28-18(21)24)6-13-9-26-13/h7,12-13H,4-6,8-11H2,1-3H3. The van der Waals surface area contributed by atoms with Crippen LogP contribution in [-0.2, 0) is 19.0 Å². The quantitative estimate of drug-likeness (QED) is 0.353. The van der Waals surface area contributed by atoms with Gasteiger partial charge in [0.2, 0.25) is 5.82 Å². The Balaban J connectivity index is 1.46. The van der Waals surface area contributed by atoms with Crippen LogP contribution in [0.4, 0.5) is 16.4 Å². The molecule has 29 heavy (non-hydrogen) atoms. The van der Waals surface area contributed by atoms with Crippen LogP contribution >= 0.6 is 0 Å². The predicted molar refractivity (Wildman–Crippen MR) is 106 cm³/mol. The third kappa shape index (κ3) is 4.85. The molecule has 3 aliphatic rings. The van der Waals surface area contributed by atoms with Gasteiger partial charge in [-0.25, -0.2) is 14.8 Å². The van der Waals surface area contributed by atoms with Crippen molar-refractivity contribution >= 4 is 31.7 Å². The molecule has 4 heterocycles. The van der Waals surface area contributed by atoms with Crippen LogP contribution in [0.3, 0.4) is 0 Å². The minimum atomic E-state index is -1.23. The molecule has 10 nitrogen and oxygen atoms in total. The Hall–Kier alpha value is -2.24. The van der Waals surface area contributed by atoms with Crippen molar-refractivity contribution < 1.29 is 28.5 Å². The number of carbonyl (C=O) groups excluding carboxylic acids is 2. The van der Waals surface area contributed by atoms with Crippen molar-refractivity contribution in [2.24, 2.45) is 0 Å². The van der Waals surface area contributed by atoms with E-state index in [-0.39, 0.29) is 43.2 Å². The van der Waals surface area contributed by atoms with Crippen molar-refractivity contribution in [2.75, 3.05) is 42.9 Å². The summed E-state index contributed by atoms with van der Waals surface area (Å²) in [4.78, 5) is 36.2. The second-order valence-electron chi connectivity index (χ2n) is 8.62. The first-order valence-corrected chi connectivity index (χ1v) is 13.5. The number of epoxide rings is 1. The van der Waals surface area contributed by atoms with Crippen LogP contribution in [0.15, 0.2) is 6.20 Å². The number of aromatic nitrogens is 2. The van der Waals surface area contributed by atoms with Crippen LogP contribution in [0.25, 0.3) is 0 Å². The Bertz CT molecular complexity index is 797. The Morgan fingerprint density at radius 1 is 1.28 bits per heavy atom. The highest BCUT2D eigenvalue weighted by Crippen LogP contribution is 2.32. The number of anilines is 2. The zero-order valence-corrected chi connectivity index (χ0v) is 17.9. The van der Waals surface area contributed by atoms with Gasteiger partial charge in [0, 0.05) is 21.1 Å². The van der Waals surface area contributed by atoms with Gasteiger partial charge in [-0.2, -0.15) is 0 Å². The van der Waals surface area contributed by atoms with E-state index in [1.807, 2.05) is 0 Å². The average molecular weight is 423 g/mol. The fraction of sp³-hybridized carbons (Fsp3) is 0.667. The van der Waals surface area contributed by atoms with Gasteiger partial charge >= 0.3 is 6.09 Å². The molecular formula is C18H26N4O6Si. The first kappa shape index (κ1) is 20.0. The summed E-state index contributed by atoms with van der Waals surface area (Å²) in [5.41, 5.74) is 0. The van der Waals surface area contributed by atoms with Crippen molar-refractivity contribution in [2.45, 2.75) is 44.3 Å². The number of amides is 2. The summed E-state index contributed by atoms with van der Waals surface area (Å²) in [5.74, 6) is 0.564. The van der Waals surface area contributed by atoms with Crippen LogP contribution in [0.1, 0.15) is 6.42 Å². The lowest BCUT2D eigenvalue weighted by atomic mass is 10.2. The molecule has 4 rings (SSSR count). The molecule has 0 bridgehead atoms. The number of hydrogen-bond donors (Lipinski definition) is 0. The lowest BCUT2D eigenvalue weighted by Gasteiger charge is -2.28. The smallest absolute Gasteiger partial charge is 0.415 e. The fourth-order valence-corrected chi connectivity index (χ4v) is 3.85. The SMILES string of the molecule is C[Si](C)(C)CCOCN1C(=O)COc2ncc(N3CC(CC4CO4)OC3=O)nc21. The van der Waals surface area contributed by atoms with E-state index in [2.05, 4.69) is 29.6 Å². The van der Waals surface area contributed by atoms with E-state index in [1.165, 1.54) is 16.0 Å². The number of nitrogens with zero attached hydrogens (tertiary/aromatic N) is 4. The van der Waals surface area contributed by atoms with Gasteiger partial charge in [0.1, 0.15) is 12.8 Å². The molecule has 2 fully saturated rings. The maximum absolute atomic E-state index is 12.4. The molecule has 2 amide bonds. The van der Waals surface area contributed by atoms with E-state index in [4.69, 9.17) is 18.9 Å². The van der Waals surface area contributed by atoms with Crippen LogP contribution in [0.5, 0.6) is 5.88 Å². The highest BCUT2D eigenvalue weighted by atomic mass is 28.3. The zero-order chi connectivity index (χ0) is 20.6. The largest absolute Gasteiger partial charge is 0.465 e. The molecule has 2 saturated heterocycles.